The summed E-state index contributed by atoms with van der Waals surface area (Å²) in [6.07, 6.45) is 1.82. The summed E-state index contributed by atoms with van der Waals surface area (Å²) in [6, 6.07) is 0. The van der Waals surface area contributed by atoms with Gasteiger partial charge in [-0.2, -0.15) is 16.1 Å². The summed E-state index contributed by atoms with van der Waals surface area (Å²) in [5, 5.41) is 7.70. The monoisotopic (exact) mass is 317 g/mol. The van der Waals surface area contributed by atoms with Gasteiger partial charge in [-0.3, -0.25) is 0 Å². The van der Waals surface area contributed by atoms with E-state index in [2.05, 4.69) is 0 Å². The zero-order valence-electron chi connectivity index (χ0n) is 10.3. The number of aliphatic hydroxyl groups is 1. The second-order valence-electron chi connectivity index (χ2n) is 4.22. The van der Waals surface area contributed by atoms with Gasteiger partial charge in [0.05, 0.1) is 5.75 Å². The molecule has 0 aromatic carbocycles. The predicted octanol–water partition coefficient (Wildman–Crippen LogP) is -0.492. The lowest BCUT2D eigenvalue weighted by Gasteiger charge is -2.32. The Hall–Kier alpha value is 0.170. The standard InChI is InChI=1S/C9H19NO5S3/c1-17(12,13)9-8-16-6-4-10(9)18(14,15)7-3-2-5-11/h9,11H,2-8H2,1H3. The summed E-state index contributed by atoms with van der Waals surface area (Å²) in [7, 11) is -6.97. The fourth-order valence-electron chi connectivity index (χ4n) is 1.73. The van der Waals surface area contributed by atoms with Crippen LogP contribution in [0.3, 0.4) is 0 Å². The minimum Gasteiger partial charge on any atom is -0.396 e. The molecular weight excluding hydrogens is 298 g/mol. The van der Waals surface area contributed by atoms with Gasteiger partial charge in [0.2, 0.25) is 10.0 Å². The molecular formula is C9H19NO5S3. The van der Waals surface area contributed by atoms with Gasteiger partial charge < -0.3 is 5.11 Å². The van der Waals surface area contributed by atoms with Crippen molar-refractivity contribution < 1.29 is 21.9 Å². The molecule has 1 rings (SSSR count). The van der Waals surface area contributed by atoms with Crippen LogP contribution < -0.4 is 0 Å². The molecule has 1 N–H and O–H groups in total. The third-order valence-corrected chi connectivity index (χ3v) is 7.43. The van der Waals surface area contributed by atoms with Crippen molar-refractivity contribution in [2.75, 3.05) is 36.7 Å². The number of sulfonamides is 1. The highest BCUT2D eigenvalue weighted by molar-refractivity contribution is 8.01. The molecule has 1 atom stereocenters. The van der Waals surface area contributed by atoms with Crippen LogP contribution in [-0.2, 0) is 19.9 Å². The molecule has 0 radical (unpaired) electrons. The molecule has 0 spiro atoms. The van der Waals surface area contributed by atoms with Gasteiger partial charge in [0.15, 0.2) is 9.84 Å². The van der Waals surface area contributed by atoms with E-state index in [1.165, 1.54) is 11.8 Å². The van der Waals surface area contributed by atoms with Gasteiger partial charge in [0, 0.05) is 30.9 Å². The Kier molecular flexibility index (Phi) is 5.91. The van der Waals surface area contributed by atoms with Gasteiger partial charge in [-0.25, -0.2) is 16.8 Å². The fourth-order valence-corrected chi connectivity index (χ4v) is 7.10. The fraction of sp³-hybridized carbons (Fsp3) is 1.00. The first kappa shape index (κ1) is 16.2. The van der Waals surface area contributed by atoms with E-state index < -0.39 is 25.2 Å². The Morgan fingerprint density at radius 1 is 1.28 bits per heavy atom. The van der Waals surface area contributed by atoms with E-state index in [1.54, 1.807) is 0 Å². The predicted molar refractivity (Wildman–Crippen MR) is 72.8 cm³/mol. The van der Waals surface area contributed by atoms with Crippen LogP contribution in [0, 0.1) is 0 Å². The number of unbranched alkanes of at least 4 members (excludes halogenated alkanes) is 1. The molecule has 1 saturated heterocycles. The third-order valence-electron chi connectivity index (χ3n) is 2.70. The van der Waals surface area contributed by atoms with E-state index >= 15 is 0 Å². The lowest BCUT2D eigenvalue weighted by molar-refractivity contribution is 0.286. The number of aliphatic hydroxyl groups excluding tert-OH is 1. The van der Waals surface area contributed by atoms with Crippen LogP contribution in [0.5, 0.6) is 0 Å². The van der Waals surface area contributed by atoms with Crippen molar-refractivity contribution in [3.63, 3.8) is 0 Å². The molecule has 108 valence electrons. The zero-order valence-corrected chi connectivity index (χ0v) is 12.7. The number of thioether (sulfide) groups is 1. The number of sulfone groups is 1. The molecule has 1 aliphatic heterocycles. The minimum absolute atomic E-state index is 0.0547. The maximum atomic E-state index is 12.1. The van der Waals surface area contributed by atoms with Crippen LogP contribution in [-0.4, -0.2) is 68.3 Å². The molecule has 18 heavy (non-hydrogen) atoms. The molecule has 1 heterocycles. The van der Waals surface area contributed by atoms with Gasteiger partial charge >= 0.3 is 0 Å². The maximum Gasteiger partial charge on any atom is 0.215 e. The number of hydrogen-bond donors (Lipinski definition) is 1. The number of rotatable bonds is 6. The Bertz CT molecular complexity index is 459. The highest BCUT2D eigenvalue weighted by Crippen LogP contribution is 2.23. The van der Waals surface area contributed by atoms with E-state index in [0.29, 0.717) is 18.6 Å². The van der Waals surface area contributed by atoms with Crippen molar-refractivity contribution in [3.8, 4) is 0 Å². The summed E-state index contributed by atoms with van der Waals surface area (Å²) in [5.41, 5.74) is 0. The van der Waals surface area contributed by atoms with E-state index in [1.807, 2.05) is 0 Å². The minimum atomic E-state index is -3.56. The smallest absolute Gasteiger partial charge is 0.215 e. The summed E-state index contributed by atoms with van der Waals surface area (Å²) in [5.74, 6) is 0.799. The lowest BCUT2D eigenvalue weighted by Crippen LogP contribution is -2.50. The van der Waals surface area contributed by atoms with Crippen molar-refractivity contribution in [1.29, 1.82) is 0 Å². The Morgan fingerprint density at radius 3 is 2.50 bits per heavy atom. The van der Waals surface area contributed by atoms with Crippen LogP contribution in [0.15, 0.2) is 0 Å². The van der Waals surface area contributed by atoms with Crippen molar-refractivity contribution in [1.82, 2.24) is 4.31 Å². The quantitative estimate of drug-likeness (QED) is 0.665. The van der Waals surface area contributed by atoms with Gasteiger partial charge in [0.1, 0.15) is 5.37 Å². The molecule has 1 unspecified atom stereocenters. The van der Waals surface area contributed by atoms with Crippen LogP contribution in [0.2, 0.25) is 0 Å². The first-order valence-corrected chi connectivity index (χ1v) is 10.4. The zero-order chi connectivity index (χ0) is 13.8. The van der Waals surface area contributed by atoms with E-state index in [4.69, 9.17) is 5.11 Å². The van der Waals surface area contributed by atoms with Gasteiger partial charge in [0.25, 0.3) is 0 Å². The van der Waals surface area contributed by atoms with Crippen molar-refractivity contribution in [2.45, 2.75) is 18.2 Å². The van der Waals surface area contributed by atoms with Crippen LogP contribution in [0.25, 0.3) is 0 Å². The molecule has 9 heteroatoms. The molecule has 0 aromatic rings. The van der Waals surface area contributed by atoms with Crippen LogP contribution in [0.4, 0.5) is 0 Å². The molecule has 0 aliphatic carbocycles. The molecule has 0 amide bonds. The van der Waals surface area contributed by atoms with Crippen molar-refractivity contribution in [3.05, 3.63) is 0 Å². The summed E-state index contributed by atoms with van der Waals surface area (Å²) < 4.78 is 48.5. The van der Waals surface area contributed by atoms with E-state index in [9.17, 15) is 16.8 Å². The number of hydrogen-bond acceptors (Lipinski definition) is 6. The Labute approximate surface area is 113 Å². The van der Waals surface area contributed by atoms with Crippen LogP contribution >= 0.6 is 11.8 Å². The van der Waals surface area contributed by atoms with Gasteiger partial charge in [-0.05, 0) is 12.8 Å². The maximum absolute atomic E-state index is 12.1. The second kappa shape index (κ2) is 6.56. The summed E-state index contributed by atoms with van der Waals surface area (Å²) in [4.78, 5) is 0. The lowest BCUT2D eigenvalue weighted by atomic mass is 10.4. The first-order valence-electron chi connectivity index (χ1n) is 5.66. The first-order chi connectivity index (χ1) is 8.29. The van der Waals surface area contributed by atoms with E-state index in [-0.39, 0.29) is 24.7 Å². The molecule has 0 aromatic heterocycles. The van der Waals surface area contributed by atoms with Crippen LogP contribution in [0.1, 0.15) is 12.8 Å². The largest absolute Gasteiger partial charge is 0.396 e. The topological polar surface area (TPSA) is 91.8 Å². The molecule has 0 bridgehead atoms. The summed E-state index contributed by atoms with van der Waals surface area (Å²) in [6.45, 7) is 0.185. The summed E-state index contributed by atoms with van der Waals surface area (Å²) >= 11 is 1.45. The normalized spacial score (nSPS) is 23.1. The average molecular weight is 317 g/mol. The molecule has 1 fully saturated rings. The number of nitrogens with zero attached hydrogens (tertiary/aromatic N) is 1. The molecule has 1 aliphatic rings. The molecule has 0 saturated carbocycles. The Balaban J connectivity index is 2.83. The SMILES string of the molecule is CS(=O)(=O)C1CSCCN1S(=O)(=O)CCCCO. The van der Waals surface area contributed by atoms with E-state index in [0.717, 1.165) is 10.6 Å². The van der Waals surface area contributed by atoms with Gasteiger partial charge in [-0.1, -0.05) is 0 Å². The third kappa shape index (κ3) is 4.37. The molecule has 6 nitrogen and oxygen atoms in total. The average Bonchev–Trinajstić information content (AvgIpc) is 2.28. The van der Waals surface area contributed by atoms with Crippen molar-refractivity contribution in [2.24, 2.45) is 0 Å². The highest BCUT2D eigenvalue weighted by atomic mass is 32.2. The second-order valence-corrected chi connectivity index (χ2v) is 9.61. The van der Waals surface area contributed by atoms with Crippen molar-refractivity contribution >= 4 is 31.6 Å². The van der Waals surface area contributed by atoms with Gasteiger partial charge in [-0.15, -0.1) is 0 Å². The highest BCUT2D eigenvalue weighted by Gasteiger charge is 2.38. The Morgan fingerprint density at radius 2 is 1.94 bits per heavy atom.